The molecule has 25 heavy (non-hydrogen) atoms. The predicted molar refractivity (Wildman–Crippen MR) is 120 cm³/mol. The van der Waals surface area contributed by atoms with Crippen molar-refractivity contribution in [3.8, 4) is 0 Å². The van der Waals surface area contributed by atoms with Gasteiger partial charge in [0.25, 0.3) is 0 Å². The van der Waals surface area contributed by atoms with Gasteiger partial charge in [-0.2, -0.15) is 0 Å². The maximum Gasteiger partial charge on any atom is 0.227 e. The number of carbonyl (C=O) groups excluding carboxylic acids is 1. The molecule has 0 spiro atoms. The lowest BCUT2D eigenvalue weighted by atomic mass is 9.88. The number of rotatable bonds is 4. The lowest BCUT2D eigenvalue weighted by molar-refractivity contribution is -0.126. The molecule has 150 valence electrons. The molecule has 0 radical (unpaired) electrons. The third-order valence-corrected chi connectivity index (χ3v) is 3.54. The molecule has 1 aliphatic heterocycles. The highest BCUT2D eigenvalue weighted by Crippen LogP contribution is 2.22. The highest BCUT2D eigenvalue weighted by atomic mass is 31.1. The van der Waals surface area contributed by atoms with Crippen molar-refractivity contribution in [1.82, 2.24) is 4.90 Å². The minimum atomic E-state index is 0.171. The third kappa shape index (κ3) is 23.4. The van der Waals surface area contributed by atoms with Gasteiger partial charge in [-0.3, -0.25) is 4.79 Å². The van der Waals surface area contributed by atoms with Gasteiger partial charge in [-0.15, -0.1) is 15.2 Å². The maximum atomic E-state index is 11.0. The molecule has 1 amide bonds. The molecular formula is C22H46NOP. The maximum absolute atomic E-state index is 11.0. The Labute approximate surface area is 161 Å². The molecule has 0 N–H and O–H groups in total. The number of hydrogen-bond acceptors (Lipinski definition) is 1. The van der Waals surface area contributed by atoms with E-state index in [2.05, 4.69) is 81.9 Å². The topological polar surface area (TPSA) is 20.3 Å². The number of carbonyl (C=O) groups is 1. The van der Waals surface area contributed by atoms with E-state index in [-0.39, 0.29) is 5.91 Å². The second-order valence-electron chi connectivity index (χ2n) is 8.73. The van der Waals surface area contributed by atoms with E-state index in [0.29, 0.717) is 23.8 Å². The first-order valence-electron chi connectivity index (χ1n) is 9.47. The van der Waals surface area contributed by atoms with Crippen molar-refractivity contribution >= 4 is 14.5 Å². The molecule has 0 aliphatic carbocycles. The highest BCUT2D eigenvalue weighted by Gasteiger charge is 2.22. The minimum Gasteiger partial charge on any atom is -0.313 e. The summed E-state index contributed by atoms with van der Waals surface area (Å²) in [6.45, 7) is 30.1. The number of hydrogen-bond donors (Lipinski definition) is 0. The van der Waals surface area contributed by atoms with Gasteiger partial charge in [0.1, 0.15) is 0 Å². The summed E-state index contributed by atoms with van der Waals surface area (Å²) >= 11 is 0. The van der Waals surface area contributed by atoms with Crippen molar-refractivity contribution in [3.05, 3.63) is 24.9 Å². The van der Waals surface area contributed by atoms with E-state index >= 15 is 0 Å². The van der Waals surface area contributed by atoms with E-state index in [1.54, 1.807) is 11.0 Å². The molecule has 0 aromatic rings. The van der Waals surface area contributed by atoms with Crippen LogP contribution in [0.25, 0.3) is 0 Å². The van der Waals surface area contributed by atoms with Crippen LogP contribution in [0.4, 0.5) is 0 Å². The van der Waals surface area contributed by atoms with Crippen molar-refractivity contribution < 1.29 is 4.79 Å². The van der Waals surface area contributed by atoms with Crippen LogP contribution >= 0.6 is 8.58 Å². The van der Waals surface area contributed by atoms with Crippen molar-refractivity contribution in [2.75, 3.05) is 19.9 Å². The first kappa shape index (κ1) is 29.2. The Morgan fingerprint density at radius 2 is 1.40 bits per heavy atom. The van der Waals surface area contributed by atoms with Crippen LogP contribution in [0, 0.1) is 10.8 Å². The highest BCUT2D eigenvalue weighted by molar-refractivity contribution is 7.35. The van der Waals surface area contributed by atoms with Crippen LogP contribution in [0.3, 0.4) is 0 Å². The first-order valence-corrected chi connectivity index (χ1v) is 11.5. The average Bonchev–Trinajstić information content (AvgIpc) is 2.79. The van der Waals surface area contributed by atoms with Crippen molar-refractivity contribution in [1.29, 1.82) is 0 Å². The zero-order valence-corrected chi connectivity index (χ0v) is 19.9. The van der Waals surface area contributed by atoms with Gasteiger partial charge in [-0.05, 0) is 30.6 Å². The standard InChI is InChI=1S/C8H11NO.C7H16.C5H12.C2H7P/c1-3-6-9-7(2)4-5-8(9)10;1-5-7(3,4)6-2;1-5(2,3)4;1-3-2/h3H,1-2,4-6H2;5-6H2,1-4H3;1-4H3;3H,1-2H3. The van der Waals surface area contributed by atoms with Crippen LogP contribution < -0.4 is 0 Å². The van der Waals surface area contributed by atoms with E-state index < -0.39 is 0 Å². The van der Waals surface area contributed by atoms with E-state index in [9.17, 15) is 4.79 Å². The van der Waals surface area contributed by atoms with Crippen LogP contribution in [0.1, 0.15) is 81.1 Å². The molecule has 0 unspecified atom stereocenters. The third-order valence-electron chi connectivity index (χ3n) is 3.54. The average molecular weight is 372 g/mol. The second kappa shape index (κ2) is 15.6. The van der Waals surface area contributed by atoms with Crippen LogP contribution in [0.15, 0.2) is 24.9 Å². The van der Waals surface area contributed by atoms with Gasteiger partial charge in [-0.1, -0.05) is 80.9 Å². The van der Waals surface area contributed by atoms with E-state index in [4.69, 9.17) is 0 Å². The fourth-order valence-corrected chi connectivity index (χ4v) is 1.31. The van der Waals surface area contributed by atoms with Gasteiger partial charge in [0.2, 0.25) is 5.91 Å². The number of likely N-dealkylation sites (tertiary alicyclic amines) is 1. The largest absolute Gasteiger partial charge is 0.313 e. The predicted octanol–water partition coefficient (Wildman–Crippen LogP) is 7.12. The van der Waals surface area contributed by atoms with Gasteiger partial charge in [-0.25, -0.2) is 0 Å². The molecule has 1 aliphatic rings. The monoisotopic (exact) mass is 371 g/mol. The molecule has 1 fully saturated rings. The normalized spacial score (nSPS) is 13.8. The molecule has 0 aromatic carbocycles. The summed E-state index contributed by atoms with van der Waals surface area (Å²) in [4.78, 5) is 12.7. The van der Waals surface area contributed by atoms with Crippen LogP contribution in [-0.2, 0) is 4.79 Å². The Balaban J connectivity index is -0.000000284. The zero-order valence-electron chi connectivity index (χ0n) is 18.9. The van der Waals surface area contributed by atoms with Crippen molar-refractivity contribution in [2.45, 2.75) is 81.1 Å². The van der Waals surface area contributed by atoms with Crippen molar-refractivity contribution in [3.63, 3.8) is 0 Å². The molecule has 1 rings (SSSR count). The van der Waals surface area contributed by atoms with E-state index in [1.807, 2.05) is 0 Å². The lowest BCUT2D eigenvalue weighted by Gasteiger charge is -2.18. The minimum absolute atomic E-state index is 0.171. The molecular weight excluding hydrogens is 325 g/mol. The van der Waals surface area contributed by atoms with Gasteiger partial charge in [0, 0.05) is 18.7 Å². The van der Waals surface area contributed by atoms with Crippen molar-refractivity contribution in [2.24, 2.45) is 10.8 Å². The Morgan fingerprint density at radius 1 is 1.04 bits per heavy atom. The van der Waals surface area contributed by atoms with E-state index in [0.717, 1.165) is 20.7 Å². The van der Waals surface area contributed by atoms with Gasteiger partial charge in [0.15, 0.2) is 0 Å². The fourth-order valence-electron chi connectivity index (χ4n) is 1.31. The molecule has 0 atom stereocenters. The van der Waals surface area contributed by atoms with Crippen LogP contribution in [-0.4, -0.2) is 30.7 Å². The fraction of sp³-hybridized carbons (Fsp3) is 0.773. The SMILES string of the molecule is C=CCN1C(=C)CCC1=O.CC(C)(C)C.CCC(C)(C)CC.CPC. The van der Waals surface area contributed by atoms with E-state index in [1.165, 1.54) is 12.8 Å². The molecule has 3 heteroatoms. The van der Waals surface area contributed by atoms with Crippen LogP contribution in [0.5, 0.6) is 0 Å². The number of allylic oxidation sites excluding steroid dienone is 1. The first-order chi connectivity index (χ1) is 11.3. The Hall–Kier alpha value is -0.620. The molecule has 0 saturated carbocycles. The second-order valence-corrected chi connectivity index (χ2v) is 9.73. The van der Waals surface area contributed by atoms with Gasteiger partial charge >= 0.3 is 0 Å². The summed E-state index contributed by atoms with van der Waals surface area (Å²) < 4.78 is 0. The Morgan fingerprint density at radius 3 is 1.56 bits per heavy atom. The summed E-state index contributed by atoms with van der Waals surface area (Å²) in [7, 11) is 1.08. The quantitative estimate of drug-likeness (QED) is 0.380. The zero-order chi connectivity index (χ0) is 20.7. The molecule has 2 nitrogen and oxygen atoms in total. The Bertz CT molecular complexity index is 339. The summed E-state index contributed by atoms with van der Waals surface area (Å²) in [5, 5.41) is 0. The lowest BCUT2D eigenvalue weighted by Crippen LogP contribution is -2.22. The number of amides is 1. The molecule has 1 heterocycles. The molecule has 1 saturated heterocycles. The summed E-state index contributed by atoms with van der Waals surface area (Å²) in [5.74, 6) is 0.171. The van der Waals surface area contributed by atoms with Gasteiger partial charge < -0.3 is 4.90 Å². The summed E-state index contributed by atoms with van der Waals surface area (Å²) in [6, 6.07) is 0. The molecule has 0 aromatic heterocycles. The summed E-state index contributed by atoms with van der Waals surface area (Å²) in [6.07, 6.45) is 5.74. The Kier molecular flexibility index (Phi) is 18.2. The van der Waals surface area contributed by atoms with Gasteiger partial charge in [0.05, 0.1) is 0 Å². The van der Waals surface area contributed by atoms with Crippen LogP contribution in [0.2, 0.25) is 0 Å². The summed E-state index contributed by atoms with van der Waals surface area (Å²) in [5.41, 5.74) is 2.00. The number of nitrogens with zero attached hydrogens (tertiary/aromatic N) is 1. The smallest absolute Gasteiger partial charge is 0.227 e. The molecule has 0 bridgehead atoms.